The lowest BCUT2D eigenvalue weighted by molar-refractivity contribution is 0.281. The van der Waals surface area contributed by atoms with Gasteiger partial charge in [-0.1, -0.05) is 41.5 Å². The molecule has 0 saturated heterocycles. The average Bonchev–Trinajstić information content (AvgIpc) is 2.28. The predicted octanol–water partition coefficient (Wildman–Crippen LogP) is 4.64. The van der Waals surface area contributed by atoms with E-state index < -0.39 is 0 Å². The lowest BCUT2D eigenvalue weighted by Gasteiger charge is -2.05. The maximum atomic E-state index is 9.14. The number of rotatable bonds is 5. The van der Waals surface area contributed by atoms with E-state index in [9.17, 15) is 0 Å². The number of aliphatic hydroxyl groups is 1. The topological polar surface area (TPSA) is 20.2 Å². The summed E-state index contributed by atoms with van der Waals surface area (Å²) in [6.07, 6.45) is 6.72. The van der Waals surface area contributed by atoms with Gasteiger partial charge in [0.1, 0.15) is 0 Å². The average molecular weight is 244 g/mol. The third kappa shape index (κ3) is 4.89. The van der Waals surface area contributed by atoms with Gasteiger partial charge in [-0.15, -0.1) is 0 Å². The molecule has 0 spiro atoms. The number of aryl methyl sites for hydroxylation is 1. The molecule has 0 aliphatic carbocycles. The maximum absolute atomic E-state index is 9.14. The maximum Gasteiger partial charge on any atom is 0.0684 e. The Hall–Kier alpha value is -1.34. The van der Waals surface area contributed by atoms with Crippen LogP contribution in [0.5, 0.6) is 0 Å². The zero-order chi connectivity index (χ0) is 13.5. The summed E-state index contributed by atoms with van der Waals surface area (Å²) in [4.78, 5) is 0. The summed E-state index contributed by atoms with van der Waals surface area (Å²) in [7, 11) is 0. The summed E-state index contributed by atoms with van der Waals surface area (Å²) in [5, 5.41) is 9.14. The molecule has 0 fully saturated rings. The van der Waals surface area contributed by atoms with Crippen LogP contribution >= 0.6 is 0 Å². The molecule has 1 N–H and O–H groups in total. The Morgan fingerprint density at radius 1 is 1.22 bits per heavy atom. The van der Waals surface area contributed by atoms with E-state index in [1.807, 2.05) is 13.0 Å². The van der Waals surface area contributed by atoms with Gasteiger partial charge in [0.15, 0.2) is 0 Å². The van der Waals surface area contributed by atoms with Crippen LogP contribution in [0.3, 0.4) is 0 Å². The Balaban J connectivity index is 2.70. The van der Waals surface area contributed by atoms with Gasteiger partial charge < -0.3 is 5.11 Å². The third-order valence-corrected chi connectivity index (χ3v) is 3.04. The fourth-order valence-electron chi connectivity index (χ4n) is 1.93. The molecule has 0 aliphatic heterocycles. The number of aliphatic hydroxyl groups excluding tert-OH is 1. The molecule has 0 aromatic heterocycles. The van der Waals surface area contributed by atoms with Crippen LogP contribution in [0.1, 0.15) is 50.3 Å². The highest BCUT2D eigenvalue weighted by atomic mass is 16.3. The quantitative estimate of drug-likeness (QED) is 0.748. The van der Waals surface area contributed by atoms with E-state index in [-0.39, 0.29) is 6.61 Å². The molecule has 1 nitrogen and oxygen atoms in total. The van der Waals surface area contributed by atoms with Gasteiger partial charge in [-0.3, -0.25) is 0 Å². The SMILES string of the molecule is CC(C)=CCC/C(C)=C/c1ccc(CO)c(C)c1. The molecular formula is C17H24O. The van der Waals surface area contributed by atoms with Crippen molar-refractivity contribution in [2.75, 3.05) is 0 Å². The van der Waals surface area contributed by atoms with Crippen LogP contribution < -0.4 is 0 Å². The molecule has 0 aliphatic rings. The summed E-state index contributed by atoms with van der Waals surface area (Å²) >= 11 is 0. The Labute approximate surface area is 111 Å². The van der Waals surface area contributed by atoms with Crippen LogP contribution in [-0.4, -0.2) is 5.11 Å². The monoisotopic (exact) mass is 244 g/mol. The van der Waals surface area contributed by atoms with Crippen molar-refractivity contribution in [2.45, 2.75) is 47.1 Å². The summed E-state index contributed by atoms with van der Waals surface area (Å²) in [6, 6.07) is 6.21. The van der Waals surface area contributed by atoms with E-state index in [4.69, 9.17) is 5.11 Å². The van der Waals surface area contributed by atoms with E-state index in [0.717, 1.165) is 24.0 Å². The van der Waals surface area contributed by atoms with Crippen molar-refractivity contribution in [3.05, 3.63) is 52.1 Å². The van der Waals surface area contributed by atoms with Crippen LogP contribution in [0, 0.1) is 6.92 Å². The van der Waals surface area contributed by atoms with Crippen LogP contribution in [0.15, 0.2) is 35.4 Å². The first-order valence-electron chi connectivity index (χ1n) is 6.54. The van der Waals surface area contributed by atoms with E-state index >= 15 is 0 Å². The highest BCUT2D eigenvalue weighted by Gasteiger charge is 1.98. The lowest BCUT2D eigenvalue weighted by Crippen LogP contribution is -1.89. The van der Waals surface area contributed by atoms with Gasteiger partial charge in [-0.25, -0.2) is 0 Å². The minimum Gasteiger partial charge on any atom is -0.392 e. The van der Waals surface area contributed by atoms with Crippen molar-refractivity contribution in [3.8, 4) is 0 Å². The second-order valence-corrected chi connectivity index (χ2v) is 5.15. The summed E-state index contributed by atoms with van der Waals surface area (Å²) in [5.74, 6) is 0. The Morgan fingerprint density at radius 3 is 2.50 bits per heavy atom. The van der Waals surface area contributed by atoms with E-state index in [2.05, 4.69) is 45.1 Å². The second kappa shape index (κ2) is 7.17. The van der Waals surface area contributed by atoms with Gasteiger partial charge in [0.25, 0.3) is 0 Å². The summed E-state index contributed by atoms with van der Waals surface area (Å²) in [6.45, 7) is 8.61. The van der Waals surface area contributed by atoms with Gasteiger partial charge in [0.2, 0.25) is 0 Å². The minimum absolute atomic E-state index is 0.120. The zero-order valence-electron chi connectivity index (χ0n) is 12.0. The first-order valence-corrected chi connectivity index (χ1v) is 6.54. The number of allylic oxidation sites excluding steroid dienone is 3. The molecule has 0 saturated carbocycles. The van der Waals surface area contributed by atoms with Gasteiger partial charge in [-0.2, -0.15) is 0 Å². The summed E-state index contributed by atoms with van der Waals surface area (Å²) in [5.41, 5.74) is 6.16. The first kappa shape index (κ1) is 14.7. The van der Waals surface area contributed by atoms with Crippen LogP contribution in [0.25, 0.3) is 6.08 Å². The van der Waals surface area contributed by atoms with E-state index in [1.165, 1.54) is 16.7 Å². The van der Waals surface area contributed by atoms with Crippen molar-refractivity contribution in [1.82, 2.24) is 0 Å². The van der Waals surface area contributed by atoms with Gasteiger partial charge in [0.05, 0.1) is 6.61 Å². The molecule has 0 heterocycles. The number of hydrogen-bond acceptors (Lipinski definition) is 1. The smallest absolute Gasteiger partial charge is 0.0684 e. The Kier molecular flexibility index (Phi) is 5.87. The van der Waals surface area contributed by atoms with Crippen LogP contribution in [-0.2, 0) is 6.61 Å². The Bertz CT molecular complexity index is 449. The largest absolute Gasteiger partial charge is 0.392 e. The second-order valence-electron chi connectivity index (χ2n) is 5.15. The molecule has 1 aromatic carbocycles. The molecule has 0 amide bonds. The van der Waals surface area contributed by atoms with Crippen molar-refractivity contribution in [3.63, 3.8) is 0 Å². The van der Waals surface area contributed by atoms with Crippen molar-refractivity contribution >= 4 is 6.08 Å². The van der Waals surface area contributed by atoms with Crippen LogP contribution in [0.2, 0.25) is 0 Å². The molecule has 0 atom stereocenters. The van der Waals surface area contributed by atoms with Gasteiger partial charge in [-0.05, 0) is 57.2 Å². The molecule has 1 heteroatoms. The molecular weight excluding hydrogens is 220 g/mol. The Morgan fingerprint density at radius 2 is 1.94 bits per heavy atom. The zero-order valence-corrected chi connectivity index (χ0v) is 12.0. The molecule has 98 valence electrons. The number of hydrogen-bond donors (Lipinski definition) is 1. The number of benzene rings is 1. The predicted molar refractivity (Wildman–Crippen MR) is 79.4 cm³/mol. The minimum atomic E-state index is 0.120. The summed E-state index contributed by atoms with van der Waals surface area (Å²) < 4.78 is 0. The highest BCUT2D eigenvalue weighted by Crippen LogP contribution is 2.16. The normalized spacial score (nSPS) is 11.5. The van der Waals surface area contributed by atoms with Crippen molar-refractivity contribution < 1.29 is 5.11 Å². The molecule has 18 heavy (non-hydrogen) atoms. The van der Waals surface area contributed by atoms with E-state index in [1.54, 1.807) is 0 Å². The fraction of sp³-hybridized carbons (Fsp3) is 0.412. The van der Waals surface area contributed by atoms with E-state index in [0.29, 0.717) is 0 Å². The molecule has 0 radical (unpaired) electrons. The molecule has 0 unspecified atom stereocenters. The molecule has 1 rings (SSSR count). The lowest BCUT2D eigenvalue weighted by atomic mass is 10.0. The molecule has 1 aromatic rings. The van der Waals surface area contributed by atoms with Gasteiger partial charge in [0, 0.05) is 0 Å². The first-order chi connectivity index (χ1) is 8.52. The third-order valence-electron chi connectivity index (χ3n) is 3.04. The van der Waals surface area contributed by atoms with Gasteiger partial charge >= 0.3 is 0 Å². The van der Waals surface area contributed by atoms with Crippen molar-refractivity contribution in [2.24, 2.45) is 0 Å². The fourth-order valence-corrected chi connectivity index (χ4v) is 1.93. The van der Waals surface area contributed by atoms with Crippen LogP contribution in [0.4, 0.5) is 0 Å². The highest BCUT2D eigenvalue weighted by molar-refractivity contribution is 5.54. The standard InChI is InChI=1S/C17H24O/c1-13(2)6-5-7-14(3)10-16-8-9-17(12-18)15(4)11-16/h6,8-11,18H,5,7,12H2,1-4H3/b14-10+. The molecule has 0 bridgehead atoms. The van der Waals surface area contributed by atoms with Crippen molar-refractivity contribution in [1.29, 1.82) is 0 Å².